The lowest BCUT2D eigenvalue weighted by Gasteiger charge is -2.27. The van der Waals surface area contributed by atoms with Crippen LogP contribution in [0.3, 0.4) is 0 Å². The lowest BCUT2D eigenvalue weighted by atomic mass is 10.1. The molecule has 0 bridgehead atoms. The molecule has 1 aliphatic carbocycles. The summed E-state index contributed by atoms with van der Waals surface area (Å²) < 4.78 is 50.1. The molecule has 0 atom stereocenters. The molecule has 0 spiro atoms. The first kappa shape index (κ1) is 27.6. The van der Waals surface area contributed by atoms with E-state index in [2.05, 4.69) is 29.9 Å². The van der Waals surface area contributed by atoms with Crippen LogP contribution in [0, 0.1) is 17.1 Å². The van der Waals surface area contributed by atoms with Gasteiger partial charge in [-0.25, -0.2) is 27.8 Å². The Morgan fingerprint density at radius 1 is 1.07 bits per heavy atom. The van der Waals surface area contributed by atoms with Gasteiger partial charge in [-0.15, -0.1) is 0 Å². The third-order valence-electron chi connectivity index (χ3n) is 7.47. The van der Waals surface area contributed by atoms with Crippen molar-refractivity contribution >= 4 is 32.6 Å². The summed E-state index contributed by atoms with van der Waals surface area (Å²) in [5, 5.41) is 12.7. The Balaban J connectivity index is 1.30. The first-order valence-electron chi connectivity index (χ1n) is 13.6. The van der Waals surface area contributed by atoms with Gasteiger partial charge in [-0.1, -0.05) is 12.8 Å². The van der Waals surface area contributed by atoms with E-state index >= 15 is 0 Å². The maximum Gasteiger partial charge on any atom is 0.266 e. The van der Waals surface area contributed by atoms with Crippen LogP contribution in [0.4, 0.5) is 16.0 Å². The third-order valence-corrected chi connectivity index (χ3v) is 9.32. The molecule has 2 fully saturated rings. The lowest BCUT2D eigenvalue weighted by molar-refractivity contribution is 0.441. The molecule has 2 aromatic carbocycles. The summed E-state index contributed by atoms with van der Waals surface area (Å²) in [6.07, 6.45) is 7.14. The Hall–Kier alpha value is -4.61. The van der Waals surface area contributed by atoms with Gasteiger partial charge in [-0.3, -0.25) is 14.1 Å². The van der Waals surface area contributed by atoms with Gasteiger partial charge in [0.25, 0.3) is 5.56 Å². The van der Waals surface area contributed by atoms with Crippen LogP contribution in [0.1, 0.15) is 31.2 Å². The summed E-state index contributed by atoms with van der Waals surface area (Å²) in [5.41, 5.74) is -0.0134. The second-order valence-electron chi connectivity index (χ2n) is 10.1. The van der Waals surface area contributed by atoms with Crippen molar-refractivity contribution in [2.24, 2.45) is 0 Å². The van der Waals surface area contributed by atoms with Gasteiger partial charge in [-0.2, -0.15) is 5.26 Å². The van der Waals surface area contributed by atoms with E-state index in [1.54, 1.807) is 12.4 Å². The van der Waals surface area contributed by atoms with Crippen molar-refractivity contribution in [1.29, 1.82) is 5.26 Å². The number of ether oxygens (including phenoxy) is 1. The van der Waals surface area contributed by atoms with Gasteiger partial charge in [-0.05, 0) is 43.2 Å². The van der Waals surface area contributed by atoms with E-state index in [1.165, 1.54) is 35.2 Å². The minimum Gasteiger partial charge on any atom is -0.453 e. The molecule has 1 aliphatic heterocycles. The Morgan fingerprint density at radius 3 is 2.52 bits per heavy atom. The van der Waals surface area contributed by atoms with Gasteiger partial charge in [0.15, 0.2) is 11.6 Å². The van der Waals surface area contributed by atoms with Gasteiger partial charge >= 0.3 is 0 Å². The van der Waals surface area contributed by atoms with E-state index < -0.39 is 32.4 Å². The summed E-state index contributed by atoms with van der Waals surface area (Å²) in [7, 11) is -3.77. The van der Waals surface area contributed by atoms with E-state index in [1.807, 2.05) is 6.07 Å². The van der Waals surface area contributed by atoms with Crippen LogP contribution < -0.4 is 25.2 Å². The molecule has 1 saturated heterocycles. The van der Waals surface area contributed by atoms with Crippen LogP contribution in [0.15, 0.2) is 53.8 Å². The molecule has 0 radical (unpaired) electrons. The zero-order chi connectivity index (χ0) is 29.3. The average molecular weight is 591 g/mol. The zero-order valence-corrected chi connectivity index (χ0v) is 23.3. The normalized spacial score (nSPS) is 16.0. The molecular formula is C28H27FN8O4S. The quantitative estimate of drug-likeness (QED) is 0.328. The molecule has 4 aromatic rings. The number of nitrogens with zero attached hydrogens (tertiary/aromatic N) is 6. The maximum atomic E-state index is 14.9. The number of nitrogens with one attached hydrogen (secondary N) is 2. The first-order valence-corrected chi connectivity index (χ1v) is 15.1. The molecule has 6 rings (SSSR count). The molecule has 3 heterocycles. The fraction of sp³-hybridized carbons (Fsp3) is 0.321. The van der Waals surface area contributed by atoms with Crippen molar-refractivity contribution < 1.29 is 17.5 Å². The van der Waals surface area contributed by atoms with Crippen molar-refractivity contribution in [3.05, 3.63) is 70.8 Å². The van der Waals surface area contributed by atoms with Gasteiger partial charge in [0, 0.05) is 26.2 Å². The summed E-state index contributed by atoms with van der Waals surface area (Å²) in [4.78, 5) is 28.7. The highest BCUT2D eigenvalue weighted by Crippen LogP contribution is 2.35. The molecule has 2 aliphatic rings. The number of fused-ring (bicyclic) bond motifs is 1. The highest BCUT2D eigenvalue weighted by atomic mass is 32.2. The van der Waals surface area contributed by atoms with E-state index in [0.29, 0.717) is 30.0 Å². The monoisotopic (exact) mass is 590 g/mol. The lowest BCUT2D eigenvalue weighted by Crippen LogP contribution is -2.44. The van der Waals surface area contributed by atoms with E-state index in [4.69, 9.17) is 4.74 Å². The van der Waals surface area contributed by atoms with Gasteiger partial charge in [0.2, 0.25) is 16.0 Å². The van der Waals surface area contributed by atoms with Crippen molar-refractivity contribution in [1.82, 2.24) is 24.8 Å². The standard InChI is InChI=1S/C28H27FN8O4S/c29-23-6-8-25(35-42(39,40)20-3-1-2-4-20)22(14-30)26(23)41-19-5-7-24-21(13-19)27(38)37(17-34-24)18-15-32-28(33-16-18)36-11-9-31-10-12-36/h5-8,13,15-17,20,31,35H,1-4,9-12H2. The SMILES string of the molecule is N#Cc1c(NS(=O)(=O)C2CCCC2)ccc(F)c1Oc1ccc2ncn(-c3cnc(N4CCNCC4)nc3)c(=O)c2c1. The van der Waals surface area contributed by atoms with Crippen molar-refractivity contribution in [2.75, 3.05) is 35.8 Å². The molecular weight excluding hydrogens is 563 g/mol. The summed E-state index contributed by atoms with van der Waals surface area (Å²) in [6, 6.07) is 8.51. The number of sulfonamides is 1. The van der Waals surface area contributed by atoms with Gasteiger partial charge in [0.1, 0.15) is 23.7 Å². The molecule has 2 N–H and O–H groups in total. The molecule has 1 saturated carbocycles. The largest absolute Gasteiger partial charge is 0.453 e. The predicted octanol–water partition coefficient (Wildman–Crippen LogP) is 3.07. The highest BCUT2D eigenvalue weighted by Gasteiger charge is 2.30. The molecule has 216 valence electrons. The average Bonchev–Trinajstić information content (AvgIpc) is 3.57. The van der Waals surface area contributed by atoms with Crippen molar-refractivity contribution in [3.63, 3.8) is 0 Å². The molecule has 42 heavy (non-hydrogen) atoms. The summed E-state index contributed by atoms with van der Waals surface area (Å²) >= 11 is 0. The fourth-order valence-electron chi connectivity index (χ4n) is 5.22. The molecule has 12 nitrogen and oxygen atoms in total. The Bertz CT molecular complexity index is 1850. The minimum absolute atomic E-state index is 0.0654. The minimum atomic E-state index is -3.77. The molecule has 0 unspecified atom stereocenters. The van der Waals surface area contributed by atoms with Gasteiger partial charge < -0.3 is 15.0 Å². The van der Waals surface area contributed by atoms with Crippen molar-refractivity contribution in [2.45, 2.75) is 30.9 Å². The smallest absolute Gasteiger partial charge is 0.266 e. The van der Waals surface area contributed by atoms with Crippen LogP contribution in [0.2, 0.25) is 0 Å². The maximum absolute atomic E-state index is 14.9. The fourth-order valence-corrected chi connectivity index (χ4v) is 6.82. The topological polar surface area (TPSA) is 155 Å². The number of piperazine rings is 1. The zero-order valence-electron chi connectivity index (χ0n) is 22.5. The summed E-state index contributed by atoms with van der Waals surface area (Å²) in [6.45, 7) is 3.24. The van der Waals surface area contributed by atoms with Crippen LogP contribution in [0.25, 0.3) is 16.6 Å². The van der Waals surface area contributed by atoms with Crippen LogP contribution >= 0.6 is 0 Å². The van der Waals surface area contributed by atoms with E-state index in [0.717, 1.165) is 45.1 Å². The van der Waals surface area contributed by atoms with Gasteiger partial charge in [0.05, 0.1) is 39.9 Å². The number of benzene rings is 2. The Kier molecular flexibility index (Phi) is 7.44. The molecule has 0 amide bonds. The van der Waals surface area contributed by atoms with Crippen LogP contribution in [-0.4, -0.2) is 59.4 Å². The number of hydrogen-bond donors (Lipinski definition) is 2. The Labute approximate surface area is 240 Å². The predicted molar refractivity (Wildman–Crippen MR) is 154 cm³/mol. The third kappa shape index (κ3) is 5.36. The molecule has 14 heteroatoms. The van der Waals surface area contributed by atoms with Crippen LogP contribution in [-0.2, 0) is 10.0 Å². The molecule has 2 aromatic heterocycles. The number of hydrogen-bond acceptors (Lipinski definition) is 10. The van der Waals surface area contributed by atoms with E-state index in [9.17, 15) is 22.9 Å². The number of rotatable bonds is 7. The first-order chi connectivity index (χ1) is 20.3. The van der Waals surface area contributed by atoms with E-state index in [-0.39, 0.29) is 22.4 Å². The number of anilines is 2. The van der Waals surface area contributed by atoms with Crippen molar-refractivity contribution in [3.8, 4) is 23.3 Å². The number of halogens is 1. The highest BCUT2D eigenvalue weighted by molar-refractivity contribution is 7.93. The number of nitriles is 1. The Morgan fingerprint density at radius 2 is 1.81 bits per heavy atom. The summed E-state index contributed by atoms with van der Waals surface area (Å²) in [5.74, 6) is -0.679. The number of aromatic nitrogens is 4. The second-order valence-corrected chi connectivity index (χ2v) is 12.1. The van der Waals surface area contributed by atoms with Crippen LogP contribution in [0.5, 0.6) is 11.5 Å². The second kappa shape index (κ2) is 11.3.